The van der Waals surface area contributed by atoms with Crippen LogP contribution >= 0.6 is 12.4 Å². The number of halogens is 1. The topological polar surface area (TPSA) is 49.3 Å². The lowest BCUT2D eigenvalue weighted by molar-refractivity contribution is -0.142. The first-order valence-electron chi connectivity index (χ1n) is 3.73. The van der Waals surface area contributed by atoms with Crippen molar-refractivity contribution in [3.05, 3.63) is 0 Å². The van der Waals surface area contributed by atoms with Gasteiger partial charge in [-0.3, -0.25) is 4.79 Å². The number of hydrogen-bond acceptors (Lipinski definition) is 2. The highest BCUT2D eigenvalue weighted by Gasteiger charge is 2.42. The molecule has 3 atom stereocenters. The largest absolute Gasteiger partial charge is 0.481 e. The zero-order chi connectivity index (χ0) is 7.14. The quantitative estimate of drug-likeness (QED) is 0.613. The number of fused-ring (bicyclic) bond motifs is 2. The van der Waals surface area contributed by atoms with Crippen LogP contribution < -0.4 is 5.32 Å². The van der Waals surface area contributed by atoms with E-state index in [2.05, 4.69) is 5.32 Å². The fraction of sp³-hybridized carbons (Fsp3) is 0.857. The van der Waals surface area contributed by atoms with Crippen molar-refractivity contribution < 1.29 is 9.90 Å². The second-order valence-corrected chi connectivity index (χ2v) is 3.30. The van der Waals surface area contributed by atoms with Gasteiger partial charge in [0.2, 0.25) is 0 Å². The van der Waals surface area contributed by atoms with Crippen LogP contribution in [0.5, 0.6) is 0 Å². The van der Waals surface area contributed by atoms with E-state index in [1.807, 2.05) is 0 Å². The van der Waals surface area contributed by atoms with Gasteiger partial charge in [0.25, 0.3) is 0 Å². The minimum Gasteiger partial charge on any atom is -0.481 e. The summed E-state index contributed by atoms with van der Waals surface area (Å²) in [7, 11) is 0. The van der Waals surface area contributed by atoms with Crippen molar-refractivity contribution in [2.45, 2.75) is 18.9 Å². The molecule has 0 radical (unpaired) electrons. The Morgan fingerprint density at radius 1 is 1.45 bits per heavy atom. The Kier molecular flexibility index (Phi) is 2.40. The molecule has 0 spiro atoms. The van der Waals surface area contributed by atoms with Gasteiger partial charge >= 0.3 is 5.97 Å². The Morgan fingerprint density at radius 3 is 2.45 bits per heavy atom. The van der Waals surface area contributed by atoms with E-state index in [0.717, 1.165) is 19.4 Å². The highest BCUT2D eigenvalue weighted by atomic mass is 35.5. The van der Waals surface area contributed by atoms with Gasteiger partial charge in [-0.25, -0.2) is 0 Å². The first-order valence-corrected chi connectivity index (χ1v) is 3.73. The molecule has 64 valence electrons. The molecule has 2 aliphatic rings. The number of aliphatic carboxylic acids is 1. The van der Waals surface area contributed by atoms with Crippen LogP contribution in [0.3, 0.4) is 0 Å². The van der Waals surface area contributed by atoms with E-state index in [1.165, 1.54) is 0 Å². The molecule has 11 heavy (non-hydrogen) atoms. The summed E-state index contributed by atoms with van der Waals surface area (Å²) < 4.78 is 0. The van der Waals surface area contributed by atoms with E-state index in [1.54, 1.807) is 0 Å². The Labute approximate surface area is 71.6 Å². The maximum Gasteiger partial charge on any atom is 0.308 e. The Balaban J connectivity index is 0.000000605. The van der Waals surface area contributed by atoms with Crippen molar-refractivity contribution in [3.8, 4) is 0 Å². The second kappa shape index (κ2) is 2.99. The van der Waals surface area contributed by atoms with Crippen LogP contribution in [0.4, 0.5) is 0 Å². The molecular weight excluding hydrogens is 166 g/mol. The maximum atomic E-state index is 10.6. The molecule has 3 nitrogen and oxygen atoms in total. The third-order valence-electron chi connectivity index (χ3n) is 2.65. The first kappa shape index (κ1) is 8.81. The number of hydrogen-bond donors (Lipinski definition) is 2. The zero-order valence-electron chi connectivity index (χ0n) is 6.12. The highest BCUT2D eigenvalue weighted by molar-refractivity contribution is 5.85. The lowest BCUT2D eigenvalue weighted by Gasteiger charge is -2.17. The molecule has 2 fully saturated rings. The molecular formula is C7H12ClNO2. The fourth-order valence-corrected chi connectivity index (χ4v) is 2.13. The van der Waals surface area contributed by atoms with E-state index < -0.39 is 5.97 Å². The van der Waals surface area contributed by atoms with Crippen LogP contribution in [0.25, 0.3) is 0 Å². The van der Waals surface area contributed by atoms with E-state index in [0.29, 0.717) is 5.92 Å². The van der Waals surface area contributed by atoms with Crippen molar-refractivity contribution in [3.63, 3.8) is 0 Å². The summed E-state index contributed by atoms with van der Waals surface area (Å²) in [6.07, 6.45) is 1.98. The van der Waals surface area contributed by atoms with Crippen LogP contribution in [0, 0.1) is 11.8 Å². The predicted molar refractivity (Wildman–Crippen MR) is 42.9 cm³/mol. The van der Waals surface area contributed by atoms with E-state index in [9.17, 15) is 4.79 Å². The van der Waals surface area contributed by atoms with Crippen LogP contribution in [-0.2, 0) is 4.79 Å². The van der Waals surface area contributed by atoms with Crippen LogP contribution in [0.2, 0.25) is 0 Å². The molecule has 3 unspecified atom stereocenters. The van der Waals surface area contributed by atoms with Gasteiger partial charge in [-0.2, -0.15) is 0 Å². The summed E-state index contributed by atoms with van der Waals surface area (Å²) >= 11 is 0. The monoisotopic (exact) mass is 177 g/mol. The number of carboxylic acid groups (broad SMARTS) is 1. The third-order valence-corrected chi connectivity index (χ3v) is 2.65. The number of piperidine rings is 1. The minimum absolute atomic E-state index is 0. The minimum atomic E-state index is -0.625. The Morgan fingerprint density at radius 2 is 2.18 bits per heavy atom. The van der Waals surface area contributed by atoms with Gasteiger partial charge < -0.3 is 10.4 Å². The molecule has 1 aliphatic carbocycles. The van der Waals surface area contributed by atoms with Gasteiger partial charge in [0.1, 0.15) is 0 Å². The molecule has 0 aromatic heterocycles. The van der Waals surface area contributed by atoms with E-state index in [4.69, 9.17) is 5.11 Å². The highest BCUT2D eigenvalue weighted by Crippen LogP contribution is 2.35. The molecule has 2 rings (SSSR count). The first-order chi connectivity index (χ1) is 4.77. The molecule has 4 heteroatoms. The number of carbonyl (C=O) groups is 1. The summed E-state index contributed by atoms with van der Waals surface area (Å²) in [5.74, 6) is -0.0791. The van der Waals surface area contributed by atoms with Gasteiger partial charge in [0.05, 0.1) is 5.92 Å². The average Bonchev–Trinajstić information content (AvgIpc) is 2.44. The number of carboxylic acids is 1. The van der Waals surface area contributed by atoms with Gasteiger partial charge in [-0.05, 0) is 25.3 Å². The molecule has 0 aromatic rings. The fourth-order valence-electron chi connectivity index (χ4n) is 2.13. The van der Waals surface area contributed by atoms with E-state index >= 15 is 0 Å². The average molecular weight is 178 g/mol. The molecule has 0 aromatic carbocycles. The maximum absolute atomic E-state index is 10.6. The van der Waals surface area contributed by atoms with Crippen molar-refractivity contribution >= 4 is 18.4 Å². The Hall–Kier alpha value is -0.280. The predicted octanol–water partition coefficient (Wildman–Crippen LogP) is 0.491. The SMILES string of the molecule is Cl.O=C(O)C1CC2CNC1C2. The van der Waals surface area contributed by atoms with Crippen LogP contribution in [0.1, 0.15) is 12.8 Å². The summed E-state index contributed by atoms with van der Waals surface area (Å²) in [5, 5.41) is 11.9. The molecule has 2 bridgehead atoms. The van der Waals surface area contributed by atoms with Crippen molar-refractivity contribution in [2.75, 3.05) is 6.54 Å². The van der Waals surface area contributed by atoms with Gasteiger partial charge in [0, 0.05) is 6.04 Å². The molecule has 1 saturated carbocycles. The summed E-state index contributed by atoms with van der Waals surface area (Å²) in [6, 6.07) is 0.280. The van der Waals surface area contributed by atoms with Gasteiger partial charge in [-0.15, -0.1) is 12.4 Å². The summed E-state index contributed by atoms with van der Waals surface area (Å²) in [6.45, 7) is 1.04. The van der Waals surface area contributed by atoms with E-state index in [-0.39, 0.29) is 24.4 Å². The Bertz CT molecular complexity index is 174. The summed E-state index contributed by atoms with van der Waals surface area (Å²) in [5.41, 5.74) is 0. The normalized spacial score (nSPS) is 40.2. The van der Waals surface area contributed by atoms with Crippen molar-refractivity contribution in [1.29, 1.82) is 0 Å². The lowest BCUT2D eigenvalue weighted by Crippen LogP contribution is -2.36. The molecule has 1 saturated heterocycles. The number of nitrogens with one attached hydrogen (secondary N) is 1. The zero-order valence-corrected chi connectivity index (χ0v) is 6.93. The third kappa shape index (κ3) is 1.35. The lowest BCUT2D eigenvalue weighted by atomic mass is 10.0. The standard InChI is InChI=1S/C7H11NO2.ClH/c9-7(10)5-1-4-2-6(5)8-3-4;/h4-6,8H,1-3H2,(H,9,10);1H. The summed E-state index contributed by atoms with van der Waals surface area (Å²) in [4.78, 5) is 10.6. The van der Waals surface area contributed by atoms with Crippen LogP contribution in [0.15, 0.2) is 0 Å². The molecule has 1 aliphatic heterocycles. The van der Waals surface area contributed by atoms with Gasteiger partial charge in [0.15, 0.2) is 0 Å². The smallest absolute Gasteiger partial charge is 0.308 e. The number of rotatable bonds is 1. The van der Waals surface area contributed by atoms with Crippen molar-refractivity contribution in [1.82, 2.24) is 5.32 Å². The second-order valence-electron chi connectivity index (χ2n) is 3.30. The molecule has 2 N–H and O–H groups in total. The van der Waals surface area contributed by atoms with Crippen molar-refractivity contribution in [2.24, 2.45) is 11.8 Å². The molecule has 1 heterocycles. The van der Waals surface area contributed by atoms with Gasteiger partial charge in [-0.1, -0.05) is 0 Å². The van der Waals surface area contributed by atoms with Crippen LogP contribution in [-0.4, -0.2) is 23.7 Å². The molecule has 0 amide bonds.